The van der Waals surface area contributed by atoms with Crippen molar-refractivity contribution in [3.63, 3.8) is 0 Å². The van der Waals surface area contributed by atoms with Crippen LogP contribution in [-0.4, -0.2) is 31.1 Å². The predicted molar refractivity (Wildman–Crippen MR) is 85.0 cm³/mol. The Balaban J connectivity index is 3.02. The van der Waals surface area contributed by atoms with E-state index in [0.717, 1.165) is 5.56 Å². The number of hydrogen-bond acceptors (Lipinski definition) is 2. The first-order valence-electron chi connectivity index (χ1n) is 5.39. The molecule has 0 bridgehead atoms. The normalized spacial score (nSPS) is 12.7. The summed E-state index contributed by atoms with van der Waals surface area (Å²) >= 11 is 12.9. The number of sulfone groups is 1. The standard InChI is InChI=1S/C12H15Br2ClO2S/c1-18(16,17)7-6-12(8-13,9-14)10-2-4-11(15)5-3-10/h2-5H,6-9H2,1H3. The molecule has 1 rings (SSSR count). The SMILES string of the molecule is CS(=O)(=O)CCC(CBr)(CBr)c1ccc(Cl)cc1. The third-order valence-corrected chi connectivity index (χ3v) is 6.26. The quantitative estimate of drug-likeness (QED) is 0.659. The molecule has 0 N–H and O–H groups in total. The maximum Gasteiger partial charge on any atom is 0.147 e. The molecule has 0 atom stereocenters. The highest BCUT2D eigenvalue weighted by Crippen LogP contribution is 2.33. The van der Waals surface area contributed by atoms with Crippen LogP contribution >= 0.6 is 43.5 Å². The van der Waals surface area contributed by atoms with Gasteiger partial charge in [0.2, 0.25) is 0 Å². The van der Waals surface area contributed by atoms with Crippen LogP contribution in [0.1, 0.15) is 12.0 Å². The molecule has 2 nitrogen and oxygen atoms in total. The summed E-state index contributed by atoms with van der Waals surface area (Å²) in [5.41, 5.74) is 0.859. The number of alkyl halides is 2. The summed E-state index contributed by atoms with van der Waals surface area (Å²) in [6.07, 6.45) is 1.84. The molecule has 0 heterocycles. The van der Waals surface area contributed by atoms with Crippen molar-refractivity contribution in [3.05, 3.63) is 34.9 Å². The Bertz CT molecular complexity index is 481. The maximum atomic E-state index is 11.3. The van der Waals surface area contributed by atoms with E-state index in [0.29, 0.717) is 22.1 Å². The van der Waals surface area contributed by atoms with Crippen LogP contribution in [0.25, 0.3) is 0 Å². The van der Waals surface area contributed by atoms with Gasteiger partial charge < -0.3 is 0 Å². The second kappa shape index (κ2) is 6.73. The van der Waals surface area contributed by atoms with Crippen molar-refractivity contribution in [3.8, 4) is 0 Å². The molecular weight excluding hydrogens is 403 g/mol. The van der Waals surface area contributed by atoms with Crippen LogP contribution < -0.4 is 0 Å². The van der Waals surface area contributed by atoms with Crippen molar-refractivity contribution >= 4 is 53.3 Å². The monoisotopic (exact) mass is 416 g/mol. The van der Waals surface area contributed by atoms with Crippen molar-refractivity contribution < 1.29 is 8.42 Å². The van der Waals surface area contributed by atoms with Crippen LogP contribution in [0.3, 0.4) is 0 Å². The molecule has 0 unspecified atom stereocenters. The second-order valence-electron chi connectivity index (χ2n) is 4.43. The minimum atomic E-state index is -2.96. The number of benzene rings is 1. The van der Waals surface area contributed by atoms with Crippen molar-refractivity contribution in [2.24, 2.45) is 0 Å². The molecule has 0 aliphatic heterocycles. The Morgan fingerprint density at radius 2 is 1.67 bits per heavy atom. The molecule has 0 aliphatic rings. The first-order valence-corrected chi connectivity index (χ1v) is 10.1. The van der Waals surface area contributed by atoms with Gasteiger partial charge in [-0.25, -0.2) is 8.42 Å². The lowest BCUT2D eigenvalue weighted by atomic mass is 9.82. The van der Waals surface area contributed by atoms with Gasteiger partial charge in [0.25, 0.3) is 0 Å². The Labute approximate surface area is 130 Å². The van der Waals surface area contributed by atoms with Gasteiger partial charge in [-0.2, -0.15) is 0 Å². The summed E-state index contributed by atoms with van der Waals surface area (Å²) in [6, 6.07) is 7.56. The molecular formula is C12H15Br2ClO2S. The largest absolute Gasteiger partial charge is 0.229 e. The zero-order chi connectivity index (χ0) is 13.8. The van der Waals surface area contributed by atoms with E-state index in [1.165, 1.54) is 6.26 Å². The lowest BCUT2D eigenvalue weighted by Gasteiger charge is -2.30. The number of hydrogen-bond donors (Lipinski definition) is 0. The van der Waals surface area contributed by atoms with E-state index >= 15 is 0 Å². The van der Waals surface area contributed by atoms with Gasteiger partial charge in [0.1, 0.15) is 9.84 Å². The van der Waals surface area contributed by atoms with Crippen molar-refractivity contribution in [1.82, 2.24) is 0 Å². The van der Waals surface area contributed by atoms with Crippen LogP contribution in [-0.2, 0) is 15.3 Å². The zero-order valence-corrected chi connectivity index (χ0v) is 14.7. The minimum Gasteiger partial charge on any atom is -0.229 e. The first-order chi connectivity index (χ1) is 8.33. The zero-order valence-electron chi connectivity index (χ0n) is 10.00. The molecule has 6 heteroatoms. The second-order valence-corrected chi connectivity index (χ2v) is 8.25. The minimum absolute atomic E-state index is 0.173. The summed E-state index contributed by atoms with van der Waals surface area (Å²) in [6.45, 7) is 0. The Hall–Kier alpha value is 0.420. The summed E-state index contributed by atoms with van der Waals surface area (Å²) in [5, 5.41) is 2.07. The third-order valence-electron chi connectivity index (χ3n) is 2.92. The van der Waals surface area contributed by atoms with E-state index in [1.54, 1.807) is 0 Å². The molecule has 0 spiro atoms. The van der Waals surface area contributed by atoms with Gasteiger partial charge in [-0.15, -0.1) is 0 Å². The average molecular weight is 419 g/mol. The van der Waals surface area contributed by atoms with Gasteiger partial charge >= 0.3 is 0 Å². The fourth-order valence-electron chi connectivity index (χ4n) is 1.65. The highest BCUT2D eigenvalue weighted by Gasteiger charge is 2.31. The third kappa shape index (κ3) is 4.51. The average Bonchev–Trinajstić information content (AvgIpc) is 2.32. The molecule has 1 aromatic rings. The maximum absolute atomic E-state index is 11.3. The predicted octanol–water partition coefficient (Wildman–Crippen LogP) is 3.80. The molecule has 0 amide bonds. The van der Waals surface area contributed by atoms with Gasteiger partial charge in [0.05, 0.1) is 5.75 Å². The lowest BCUT2D eigenvalue weighted by molar-refractivity contribution is 0.524. The van der Waals surface area contributed by atoms with Gasteiger partial charge in [0, 0.05) is 27.4 Å². The van der Waals surface area contributed by atoms with E-state index in [-0.39, 0.29) is 11.2 Å². The summed E-state index contributed by atoms with van der Waals surface area (Å²) in [4.78, 5) is 0. The van der Waals surface area contributed by atoms with Gasteiger partial charge in [-0.05, 0) is 24.1 Å². The van der Waals surface area contributed by atoms with Crippen LogP contribution in [0.5, 0.6) is 0 Å². The smallest absolute Gasteiger partial charge is 0.147 e. The van der Waals surface area contributed by atoms with E-state index in [9.17, 15) is 8.42 Å². The number of halogens is 3. The topological polar surface area (TPSA) is 34.1 Å². The molecule has 1 aromatic carbocycles. The first kappa shape index (κ1) is 16.5. The summed E-state index contributed by atoms with van der Waals surface area (Å²) in [5.74, 6) is 0.173. The van der Waals surface area contributed by atoms with E-state index in [1.807, 2.05) is 24.3 Å². The van der Waals surface area contributed by atoms with Gasteiger partial charge in [-0.1, -0.05) is 55.6 Å². The lowest BCUT2D eigenvalue weighted by Crippen LogP contribution is -2.32. The van der Waals surface area contributed by atoms with E-state index in [4.69, 9.17) is 11.6 Å². The van der Waals surface area contributed by atoms with Crippen LogP contribution in [0.4, 0.5) is 0 Å². The Morgan fingerprint density at radius 3 is 2.06 bits per heavy atom. The van der Waals surface area contributed by atoms with Gasteiger partial charge in [-0.3, -0.25) is 0 Å². The molecule has 0 aliphatic carbocycles. The summed E-state index contributed by atoms with van der Waals surface area (Å²) < 4.78 is 22.7. The molecule has 0 fully saturated rings. The fraction of sp³-hybridized carbons (Fsp3) is 0.500. The van der Waals surface area contributed by atoms with Crippen molar-refractivity contribution in [2.75, 3.05) is 22.7 Å². The molecule has 0 radical (unpaired) electrons. The van der Waals surface area contributed by atoms with E-state index < -0.39 is 9.84 Å². The molecule has 0 aromatic heterocycles. The highest BCUT2D eigenvalue weighted by molar-refractivity contribution is 9.09. The molecule has 18 heavy (non-hydrogen) atoms. The van der Waals surface area contributed by atoms with Crippen LogP contribution in [0.15, 0.2) is 24.3 Å². The Kier molecular flexibility index (Phi) is 6.16. The number of rotatable bonds is 6. The van der Waals surface area contributed by atoms with Crippen LogP contribution in [0.2, 0.25) is 5.02 Å². The summed E-state index contributed by atoms with van der Waals surface area (Å²) in [7, 11) is -2.96. The molecule has 0 saturated heterocycles. The highest BCUT2D eigenvalue weighted by atomic mass is 79.9. The fourth-order valence-corrected chi connectivity index (χ4v) is 4.68. The van der Waals surface area contributed by atoms with Crippen LogP contribution in [0, 0.1) is 0 Å². The van der Waals surface area contributed by atoms with E-state index in [2.05, 4.69) is 31.9 Å². The van der Waals surface area contributed by atoms with Gasteiger partial charge in [0.15, 0.2) is 0 Å². The molecule has 0 saturated carbocycles. The van der Waals surface area contributed by atoms with Crippen molar-refractivity contribution in [1.29, 1.82) is 0 Å². The Morgan fingerprint density at radius 1 is 1.17 bits per heavy atom. The molecule has 102 valence electrons. The van der Waals surface area contributed by atoms with Crippen molar-refractivity contribution in [2.45, 2.75) is 11.8 Å².